The van der Waals surface area contributed by atoms with Crippen LogP contribution in [0.1, 0.15) is 10.4 Å². The highest BCUT2D eigenvalue weighted by Crippen LogP contribution is 2.08. The van der Waals surface area contributed by atoms with Gasteiger partial charge in [-0.1, -0.05) is 0 Å². The number of nitrogens with one attached hydrogen (secondary N) is 2. The lowest BCUT2D eigenvalue weighted by atomic mass is 10.2. The zero-order valence-corrected chi connectivity index (χ0v) is 9.53. The van der Waals surface area contributed by atoms with Gasteiger partial charge in [-0.3, -0.25) is 9.59 Å². The fourth-order valence-electron chi connectivity index (χ4n) is 1.47. The molecule has 0 saturated carbocycles. The van der Waals surface area contributed by atoms with E-state index in [1.54, 1.807) is 0 Å². The summed E-state index contributed by atoms with van der Waals surface area (Å²) in [7, 11) is -3.18. The minimum Gasteiger partial charge on any atom is -0.345 e. The van der Waals surface area contributed by atoms with Crippen LogP contribution in [0, 0.1) is 0 Å². The highest BCUT2D eigenvalue weighted by Gasteiger charge is 2.23. The number of carbonyl (C=O) groups excluding carboxylic acids is 1. The third-order valence-corrected chi connectivity index (χ3v) is 3.69. The SMILES string of the molecule is O=C(NC1C=CS(=O)(=O)C1)c1ccc(=O)[nH]c1. The molecule has 1 unspecified atom stereocenters. The zero-order chi connectivity index (χ0) is 12.5. The lowest BCUT2D eigenvalue weighted by Crippen LogP contribution is -2.35. The smallest absolute Gasteiger partial charge is 0.253 e. The van der Waals surface area contributed by atoms with Crippen molar-refractivity contribution in [3.8, 4) is 0 Å². The van der Waals surface area contributed by atoms with E-state index in [4.69, 9.17) is 0 Å². The first-order chi connectivity index (χ1) is 7.96. The molecule has 0 fully saturated rings. The van der Waals surface area contributed by atoms with Gasteiger partial charge >= 0.3 is 0 Å². The monoisotopic (exact) mass is 254 g/mol. The molecule has 0 radical (unpaired) electrons. The summed E-state index contributed by atoms with van der Waals surface area (Å²) in [5.74, 6) is -0.546. The number of aromatic nitrogens is 1. The Bertz CT molecular complexity index is 609. The van der Waals surface area contributed by atoms with Crippen LogP contribution in [0.2, 0.25) is 0 Å². The molecule has 0 aromatic carbocycles. The predicted molar refractivity (Wildman–Crippen MR) is 61.2 cm³/mol. The van der Waals surface area contributed by atoms with Gasteiger partial charge in [0.25, 0.3) is 5.91 Å². The molecule has 0 saturated heterocycles. The third kappa shape index (κ3) is 2.82. The van der Waals surface area contributed by atoms with Crippen molar-refractivity contribution in [1.82, 2.24) is 10.3 Å². The minimum absolute atomic E-state index is 0.123. The molecule has 17 heavy (non-hydrogen) atoms. The molecule has 2 rings (SSSR count). The first kappa shape index (κ1) is 11.6. The molecule has 1 amide bonds. The lowest BCUT2D eigenvalue weighted by Gasteiger charge is -2.09. The molecular formula is C10H10N2O4S. The van der Waals surface area contributed by atoms with Gasteiger partial charge in [-0.15, -0.1) is 0 Å². The first-order valence-corrected chi connectivity index (χ1v) is 6.58. The second-order valence-corrected chi connectivity index (χ2v) is 5.61. The van der Waals surface area contributed by atoms with Crippen LogP contribution in [-0.2, 0) is 9.84 Å². The number of hydrogen-bond acceptors (Lipinski definition) is 4. The minimum atomic E-state index is -3.18. The average molecular weight is 254 g/mol. The highest BCUT2D eigenvalue weighted by molar-refractivity contribution is 7.94. The molecule has 7 heteroatoms. The molecular weight excluding hydrogens is 244 g/mol. The molecule has 0 aliphatic carbocycles. The van der Waals surface area contributed by atoms with E-state index < -0.39 is 21.8 Å². The predicted octanol–water partition coefficient (Wildman–Crippen LogP) is -0.585. The topological polar surface area (TPSA) is 96.1 Å². The summed E-state index contributed by atoms with van der Waals surface area (Å²) in [6, 6.07) is 2.09. The van der Waals surface area contributed by atoms with E-state index in [-0.39, 0.29) is 16.9 Å². The largest absolute Gasteiger partial charge is 0.345 e. The van der Waals surface area contributed by atoms with Gasteiger partial charge in [0, 0.05) is 17.7 Å². The second-order valence-electron chi connectivity index (χ2n) is 3.68. The van der Waals surface area contributed by atoms with Gasteiger partial charge in [0.05, 0.1) is 17.4 Å². The summed E-state index contributed by atoms with van der Waals surface area (Å²) < 4.78 is 22.2. The molecule has 1 aliphatic rings. The number of hydrogen-bond donors (Lipinski definition) is 2. The van der Waals surface area contributed by atoms with Crippen molar-refractivity contribution in [2.75, 3.05) is 5.75 Å². The highest BCUT2D eigenvalue weighted by atomic mass is 32.2. The van der Waals surface area contributed by atoms with Gasteiger partial charge in [-0.05, 0) is 12.1 Å². The van der Waals surface area contributed by atoms with E-state index in [0.29, 0.717) is 0 Å². The van der Waals surface area contributed by atoms with Gasteiger partial charge in [0.2, 0.25) is 5.56 Å². The van der Waals surface area contributed by atoms with Crippen molar-refractivity contribution in [2.45, 2.75) is 6.04 Å². The van der Waals surface area contributed by atoms with Gasteiger partial charge < -0.3 is 10.3 Å². The van der Waals surface area contributed by atoms with Crippen molar-refractivity contribution in [3.63, 3.8) is 0 Å². The maximum absolute atomic E-state index is 11.7. The van der Waals surface area contributed by atoms with E-state index >= 15 is 0 Å². The summed E-state index contributed by atoms with van der Waals surface area (Å²) in [5, 5.41) is 3.63. The maximum Gasteiger partial charge on any atom is 0.253 e. The van der Waals surface area contributed by atoms with Crippen LogP contribution in [0.4, 0.5) is 0 Å². The number of aromatic amines is 1. The van der Waals surface area contributed by atoms with E-state index in [9.17, 15) is 18.0 Å². The van der Waals surface area contributed by atoms with Crippen molar-refractivity contribution in [1.29, 1.82) is 0 Å². The van der Waals surface area contributed by atoms with E-state index in [2.05, 4.69) is 10.3 Å². The van der Waals surface area contributed by atoms with Crippen LogP contribution >= 0.6 is 0 Å². The Balaban J connectivity index is 2.06. The molecule has 0 spiro atoms. The number of H-pyrrole nitrogens is 1. The van der Waals surface area contributed by atoms with Crippen molar-refractivity contribution in [3.05, 3.63) is 45.7 Å². The number of carbonyl (C=O) groups is 1. The van der Waals surface area contributed by atoms with Crippen LogP contribution in [0.5, 0.6) is 0 Å². The third-order valence-electron chi connectivity index (χ3n) is 2.29. The number of pyridine rings is 1. The number of sulfone groups is 1. The fourth-order valence-corrected chi connectivity index (χ4v) is 2.70. The molecule has 0 bridgehead atoms. The molecule has 1 aliphatic heterocycles. The van der Waals surface area contributed by atoms with Crippen molar-refractivity contribution >= 4 is 15.7 Å². The normalized spacial score (nSPS) is 21.3. The van der Waals surface area contributed by atoms with Gasteiger partial charge in [0.15, 0.2) is 9.84 Å². The molecule has 6 nitrogen and oxygen atoms in total. The quantitative estimate of drug-likeness (QED) is 0.737. The van der Waals surface area contributed by atoms with Crippen LogP contribution in [0.25, 0.3) is 0 Å². The average Bonchev–Trinajstić information content (AvgIpc) is 2.59. The summed E-state index contributed by atoms with van der Waals surface area (Å²) in [6.45, 7) is 0. The summed E-state index contributed by atoms with van der Waals surface area (Å²) in [6.07, 6.45) is 2.71. The van der Waals surface area contributed by atoms with Gasteiger partial charge in [0.1, 0.15) is 0 Å². The summed E-state index contributed by atoms with van der Waals surface area (Å²) >= 11 is 0. The van der Waals surface area contributed by atoms with E-state index in [1.165, 1.54) is 24.4 Å². The van der Waals surface area contributed by atoms with E-state index in [0.717, 1.165) is 5.41 Å². The zero-order valence-electron chi connectivity index (χ0n) is 8.71. The van der Waals surface area contributed by atoms with Crippen LogP contribution in [-0.4, -0.2) is 31.1 Å². The Hall–Kier alpha value is -1.89. The van der Waals surface area contributed by atoms with Crippen LogP contribution in [0.15, 0.2) is 34.6 Å². The summed E-state index contributed by atoms with van der Waals surface area (Å²) in [4.78, 5) is 24.8. The Morgan fingerprint density at radius 2 is 2.18 bits per heavy atom. The second kappa shape index (κ2) is 4.17. The standard InChI is InChI=1S/C10H10N2O4S/c13-9-2-1-7(5-11-9)10(14)12-8-3-4-17(15,16)6-8/h1-5,8H,6H2,(H,11,13)(H,12,14). The Labute approximate surface area is 97.3 Å². The Morgan fingerprint density at radius 1 is 1.41 bits per heavy atom. The van der Waals surface area contributed by atoms with Crippen molar-refractivity contribution in [2.24, 2.45) is 0 Å². The lowest BCUT2D eigenvalue weighted by molar-refractivity contribution is 0.0947. The van der Waals surface area contributed by atoms with Gasteiger partial charge in [-0.2, -0.15) is 0 Å². The molecule has 2 heterocycles. The first-order valence-electron chi connectivity index (χ1n) is 4.87. The number of rotatable bonds is 2. The van der Waals surface area contributed by atoms with Gasteiger partial charge in [-0.25, -0.2) is 8.42 Å². The number of amides is 1. The molecule has 1 atom stereocenters. The van der Waals surface area contributed by atoms with Crippen LogP contribution in [0.3, 0.4) is 0 Å². The van der Waals surface area contributed by atoms with Crippen molar-refractivity contribution < 1.29 is 13.2 Å². The molecule has 1 aromatic heterocycles. The molecule has 2 N–H and O–H groups in total. The molecule has 1 aromatic rings. The maximum atomic E-state index is 11.7. The van der Waals surface area contributed by atoms with E-state index in [1.807, 2.05) is 0 Å². The fraction of sp³-hybridized carbons (Fsp3) is 0.200. The summed E-state index contributed by atoms with van der Waals surface area (Å²) in [5.41, 5.74) is -0.0211. The Kier molecular flexibility index (Phi) is 2.84. The van der Waals surface area contributed by atoms with Crippen LogP contribution < -0.4 is 10.9 Å². The Morgan fingerprint density at radius 3 is 2.71 bits per heavy atom. The molecule has 90 valence electrons.